The molecular formula is C37H50O3. The Bertz CT molecular complexity index is 1380. The molecule has 5 aliphatic rings. The summed E-state index contributed by atoms with van der Waals surface area (Å²) >= 11 is 0. The number of ketones is 1. The fraction of sp³-hybridized carbons (Fsp3) is 0.676. The van der Waals surface area contributed by atoms with Crippen LogP contribution in [0, 0.1) is 50.2 Å². The normalized spacial score (nSPS) is 49.1. The number of benzene rings is 1. The molecule has 0 aromatic heterocycles. The Morgan fingerprint density at radius 2 is 1.70 bits per heavy atom. The van der Waals surface area contributed by atoms with Crippen molar-refractivity contribution < 1.29 is 18.4 Å². The van der Waals surface area contributed by atoms with Gasteiger partial charge in [-0.25, -0.2) is 0 Å². The van der Waals surface area contributed by atoms with Crippen molar-refractivity contribution in [2.45, 2.75) is 106 Å². The molecule has 6 rings (SSSR count). The minimum Gasteiger partial charge on any atom is -0.460 e. The first-order valence-electron chi connectivity index (χ1n) is 17.1. The molecule has 3 nitrogen and oxygen atoms in total. The summed E-state index contributed by atoms with van der Waals surface area (Å²) in [5.74, 6) is 0.0151. The molecule has 40 heavy (non-hydrogen) atoms. The number of carbonyl (C=O) groups is 2. The van der Waals surface area contributed by atoms with Crippen LogP contribution in [0.3, 0.4) is 0 Å². The largest absolute Gasteiger partial charge is 0.460 e. The van der Waals surface area contributed by atoms with E-state index in [9.17, 15) is 9.59 Å². The summed E-state index contributed by atoms with van der Waals surface area (Å²) in [6.45, 7) is 11.4. The second kappa shape index (κ2) is 8.92. The molecule has 0 spiro atoms. The lowest BCUT2D eigenvalue weighted by Crippen LogP contribution is -2.63. The van der Waals surface area contributed by atoms with E-state index in [4.69, 9.17) is 8.85 Å². The van der Waals surface area contributed by atoms with Crippen LogP contribution in [0.1, 0.15) is 109 Å². The number of fused-ring (bicyclic) bond motifs is 7. The van der Waals surface area contributed by atoms with Gasteiger partial charge in [-0.1, -0.05) is 89.5 Å². The maximum atomic E-state index is 13.6. The number of hydrogen-bond acceptors (Lipinski definition) is 3. The van der Waals surface area contributed by atoms with Gasteiger partial charge in [-0.05, 0) is 109 Å². The second-order valence-electron chi connectivity index (χ2n) is 15.6. The minimum absolute atomic E-state index is 0.0360. The molecule has 3 heteroatoms. The monoisotopic (exact) mass is 545 g/mol. The summed E-state index contributed by atoms with van der Waals surface area (Å²) in [6.07, 6.45) is 13.6. The van der Waals surface area contributed by atoms with Crippen molar-refractivity contribution in [2.24, 2.45) is 50.2 Å². The van der Waals surface area contributed by atoms with Gasteiger partial charge in [0, 0.05) is 9.53 Å². The summed E-state index contributed by atoms with van der Waals surface area (Å²) < 4.78 is 31.2. The van der Waals surface area contributed by atoms with Gasteiger partial charge in [0.25, 0.3) is 0 Å². The maximum absolute atomic E-state index is 13.6. The van der Waals surface area contributed by atoms with E-state index < -0.39 is 17.7 Å². The zero-order valence-electron chi connectivity index (χ0n) is 28.4. The summed E-state index contributed by atoms with van der Waals surface area (Å²) in [5, 5.41) is 0. The van der Waals surface area contributed by atoms with Gasteiger partial charge >= 0.3 is 5.97 Å². The molecule has 1 aromatic carbocycles. The Hall–Kier alpha value is -2.16. The van der Waals surface area contributed by atoms with Crippen LogP contribution in [-0.2, 0) is 20.9 Å². The zero-order chi connectivity index (χ0) is 31.3. The van der Waals surface area contributed by atoms with Gasteiger partial charge in [-0.3, -0.25) is 9.59 Å². The summed E-state index contributed by atoms with van der Waals surface area (Å²) in [4.78, 5) is 26.9. The van der Waals surface area contributed by atoms with Crippen LogP contribution in [-0.4, -0.2) is 11.8 Å². The molecular weight excluding hydrogens is 492 g/mol. The third-order valence-corrected chi connectivity index (χ3v) is 13.5. The predicted molar refractivity (Wildman–Crippen MR) is 160 cm³/mol. The number of hydrogen-bond donors (Lipinski definition) is 0. The molecule has 9 atom stereocenters. The smallest absolute Gasteiger partial charge is 0.312 e. The van der Waals surface area contributed by atoms with Gasteiger partial charge < -0.3 is 4.74 Å². The highest BCUT2D eigenvalue weighted by Crippen LogP contribution is 2.74. The predicted octanol–water partition coefficient (Wildman–Crippen LogP) is 8.88. The third-order valence-electron chi connectivity index (χ3n) is 13.5. The molecule has 0 amide bonds. The highest BCUT2D eigenvalue weighted by atomic mass is 16.5. The highest BCUT2D eigenvalue weighted by molar-refractivity contribution is 5.95. The summed E-state index contributed by atoms with van der Waals surface area (Å²) in [5.41, 5.74) is 0.351. The molecule has 5 aliphatic carbocycles. The van der Waals surface area contributed by atoms with E-state index in [2.05, 4.69) is 46.8 Å². The second-order valence-corrected chi connectivity index (χ2v) is 15.6. The average Bonchev–Trinajstić information content (AvgIpc) is 2.95. The van der Waals surface area contributed by atoms with Crippen LogP contribution in [0.5, 0.6) is 0 Å². The molecule has 216 valence electrons. The summed E-state index contributed by atoms with van der Waals surface area (Å²) in [6, 6.07) is 9.92. The van der Waals surface area contributed by atoms with Crippen molar-refractivity contribution in [2.75, 3.05) is 0 Å². The first kappa shape index (κ1) is 24.4. The average molecular weight is 546 g/mol. The molecule has 3 fully saturated rings. The van der Waals surface area contributed by atoms with E-state index in [1.165, 1.54) is 5.57 Å². The Morgan fingerprint density at radius 1 is 0.975 bits per heavy atom. The molecule has 3 unspecified atom stereocenters. The van der Waals surface area contributed by atoms with Crippen molar-refractivity contribution in [1.82, 2.24) is 0 Å². The van der Waals surface area contributed by atoms with Crippen molar-refractivity contribution in [3.63, 3.8) is 0 Å². The van der Waals surface area contributed by atoms with Gasteiger partial charge in [0.2, 0.25) is 0 Å². The summed E-state index contributed by atoms with van der Waals surface area (Å²) in [7, 11) is 0. The number of allylic oxidation sites excluding steroid dienone is 4. The van der Waals surface area contributed by atoms with Crippen LogP contribution in [0.4, 0.5) is 0 Å². The van der Waals surface area contributed by atoms with Crippen LogP contribution >= 0.6 is 0 Å². The van der Waals surface area contributed by atoms with E-state index in [0.717, 1.165) is 56.9 Å². The molecule has 0 radical (unpaired) electrons. The lowest BCUT2D eigenvalue weighted by Gasteiger charge is -2.70. The number of esters is 1. The molecule has 0 N–H and O–H groups in total. The SMILES string of the molecule is [2H]C([2H])([2H])C1(C)C(=O)C=C[C@@]2(C)C1CC[C@]1(C)C2CC=C2[C@@H]3C[C@@](C)(C(=O)OCc4ccccc4)CC[C@]3(C)CC[C@]21C. The van der Waals surface area contributed by atoms with Crippen molar-refractivity contribution >= 4 is 11.8 Å². The Kier molecular flexibility index (Phi) is 5.45. The lowest BCUT2D eigenvalue weighted by atomic mass is 9.34. The maximum Gasteiger partial charge on any atom is 0.312 e. The zero-order valence-corrected chi connectivity index (χ0v) is 25.4. The molecule has 0 saturated heterocycles. The third kappa shape index (κ3) is 3.74. The molecule has 1 aromatic rings. The van der Waals surface area contributed by atoms with E-state index in [0.29, 0.717) is 12.5 Å². The van der Waals surface area contributed by atoms with E-state index >= 15 is 0 Å². The number of carbonyl (C=O) groups excluding carboxylic acids is 2. The Morgan fingerprint density at radius 3 is 2.42 bits per heavy atom. The first-order chi connectivity index (χ1) is 19.9. The fourth-order valence-electron chi connectivity index (χ4n) is 10.5. The number of ether oxygens (including phenoxy) is 1. The topological polar surface area (TPSA) is 43.4 Å². The number of rotatable bonds is 3. The highest BCUT2D eigenvalue weighted by Gasteiger charge is 2.67. The van der Waals surface area contributed by atoms with E-state index in [1.807, 2.05) is 30.3 Å². The van der Waals surface area contributed by atoms with Crippen molar-refractivity contribution in [1.29, 1.82) is 0 Å². The minimum atomic E-state index is -2.34. The molecule has 0 aliphatic heterocycles. The van der Waals surface area contributed by atoms with Gasteiger partial charge in [0.1, 0.15) is 6.61 Å². The fourth-order valence-corrected chi connectivity index (χ4v) is 10.5. The van der Waals surface area contributed by atoms with Crippen LogP contribution in [0.15, 0.2) is 54.1 Å². The van der Waals surface area contributed by atoms with Crippen LogP contribution < -0.4 is 0 Å². The lowest BCUT2D eigenvalue weighted by molar-refractivity contribution is -0.169. The van der Waals surface area contributed by atoms with Gasteiger partial charge in [0.15, 0.2) is 5.78 Å². The van der Waals surface area contributed by atoms with Crippen molar-refractivity contribution in [3.8, 4) is 0 Å². The molecule has 0 heterocycles. The quantitative estimate of drug-likeness (QED) is 0.281. The van der Waals surface area contributed by atoms with E-state index in [1.54, 1.807) is 13.0 Å². The Balaban J connectivity index is 1.33. The first-order valence-corrected chi connectivity index (χ1v) is 15.6. The van der Waals surface area contributed by atoms with Gasteiger partial charge in [0.05, 0.1) is 5.41 Å². The molecule has 0 bridgehead atoms. The molecule has 3 saturated carbocycles. The van der Waals surface area contributed by atoms with Gasteiger partial charge in [-0.2, -0.15) is 0 Å². The Labute approximate surface area is 246 Å². The standard InChI is InChI=1S/C37H50O3/c1-32(2)28-15-18-37(7)29(35(28,5)17-16-30(32)38)14-13-26-27-23-34(4,20-19-33(27,3)21-22-36(26,37)6)31(39)40-24-25-11-9-8-10-12-25/h8-13,16-17,27-29H,14-15,18-24H2,1-7H3/t27-,28?,29?,33+,34-,35-,36+,37+/m0/s1/i1D3/t27-,28?,29?,32?,33+,34-,35-,36+,37+. The van der Waals surface area contributed by atoms with Crippen LogP contribution in [0.25, 0.3) is 0 Å². The van der Waals surface area contributed by atoms with Gasteiger partial charge in [-0.15, -0.1) is 0 Å². The van der Waals surface area contributed by atoms with Crippen LogP contribution in [0.2, 0.25) is 0 Å². The van der Waals surface area contributed by atoms with E-state index in [-0.39, 0.29) is 45.2 Å². The van der Waals surface area contributed by atoms with Crippen molar-refractivity contribution in [3.05, 3.63) is 59.7 Å².